The van der Waals surface area contributed by atoms with Crippen LogP contribution in [0, 0.1) is 0 Å². The lowest BCUT2D eigenvalue weighted by Crippen LogP contribution is -2.26. The molecule has 0 spiro atoms. The summed E-state index contributed by atoms with van der Waals surface area (Å²) in [7, 11) is -2.93. The van der Waals surface area contributed by atoms with Crippen molar-refractivity contribution in [2.24, 2.45) is 0 Å². The molecule has 5 nitrogen and oxygen atoms in total. The first-order chi connectivity index (χ1) is 10.5. The number of rotatable bonds is 3. The largest absolute Gasteiger partial charge is 0.341 e. The molecular weight excluding hydrogens is 298 g/mol. The molecule has 1 aromatic carbocycles. The van der Waals surface area contributed by atoms with Crippen LogP contribution in [0.5, 0.6) is 0 Å². The van der Waals surface area contributed by atoms with E-state index in [2.05, 4.69) is 14.9 Å². The number of aromatic nitrogens is 2. The van der Waals surface area contributed by atoms with Crippen LogP contribution in [0.2, 0.25) is 0 Å². The normalized spacial score (nSPS) is 22.3. The van der Waals surface area contributed by atoms with Gasteiger partial charge in [0.15, 0.2) is 9.84 Å². The zero-order valence-corrected chi connectivity index (χ0v) is 13.5. The zero-order valence-electron chi connectivity index (χ0n) is 12.7. The molecule has 6 heteroatoms. The second-order valence-electron chi connectivity index (χ2n) is 5.87. The quantitative estimate of drug-likeness (QED) is 0.941. The van der Waals surface area contributed by atoms with Gasteiger partial charge in [0.25, 0.3) is 0 Å². The molecule has 2 aromatic rings. The molecule has 1 saturated heterocycles. The van der Waals surface area contributed by atoms with Gasteiger partial charge in [-0.25, -0.2) is 13.4 Å². The standard InChI is InChI=1S/C16H21N3O2S/c1-13-7-8-19(9-10-22(13,20)21)12-15-11-17-16(18-15)14-5-3-2-4-6-14/h2-6,11,13H,7-10,12H2,1H3,(H,17,18). The predicted molar refractivity (Wildman–Crippen MR) is 87.2 cm³/mol. The Morgan fingerprint density at radius 2 is 2.05 bits per heavy atom. The second-order valence-corrected chi connectivity index (χ2v) is 8.40. The van der Waals surface area contributed by atoms with E-state index in [1.54, 1.807) is 0 Å². The number of benzene rings is 1. The highest BCUT2D eigenvalue weighted by molar-refractivity contribution is 7.92. The summed E-state index contributed by atoms with van der Waals surface area (Å²) in [5, 5.41) is -0.237. The van der Waals surface area contributed by atoms with Gasteiger partial charge in [-0.3, -0.25) is 4.90 Å². The molecule has 3 rings (SSSR count). The molecule has 2 heterocycles. The Hall–Kier alpha value is -1.66. The van der Waals surface area contributed by atoms with Crippen molar-refractivity contribution in [3.63, 3.8) is 0 Å². The molecule has 0 bridgehead atoms. The summed E-state index contributed by atoms with van der Waals surface area (Å²) in [4.78, 5) is 9.93. The van der Waals surface area contributed by atoms with E-state index in [-0.39, 0.29) is 11.0 Å². The molecule has 1 aliphatic rings. The first-order valence-electron chi connectivity index (χ1n) is 7.58. The fraction of sp³-hybridized carbons (Fsp3) is 0.438. The van der Waals surface area contributed by atoms with Gasteiger partial charge in [0.1, 0.15) is 5.82 Å². The van der Waals surface area contributed by atoms with Crippen molar-refractivity contribution >= 4 is 9.84 Å². The summed E-state index contributed by atoms with van der Waals surface area (Å²) >= 11 is 0. The Kier molecular flexibility index (Phi) is 4.31. The van der Waals surface area contributed by atoms with Crippen LogP contribution in [-0.2, 0) is 16.4 Å². The third kappa shape index (κ3) is 3.39. The fourth-order valence-corrected chi connectivity index (χ4v) is 4.07. The minimum absolute atomic E-state index is 0.237. The number of nitrogens with one attached hydrogen (secondary N) is 1. The van der Waals surface area contributed by atoms with E-state index in [1.165, 1.54) is 0 Å². The maximum absolute atomic E-state index is 11.9. The maximum Gasteiger partial charge on any atom is 0.154 e. The summed E-state index contributed by atoms with van der Waals surface area (Å²) in [6, 6.07) is 9.98. The second kappa shape index (κ2) is 6.22. The van der Waals surface area contributed by atoms with Crippen molar-refractivity contribution in [2.45, 2.75) is 25.1 Å². The van der Waals surface area contributed by atoms with Gasteiger partial charge in [0.05, 0.1) is 11.0 Å². The highest BCUT2D eigenvalue weighted by atomic mass is 32.2. The number of aromatic amines is 1. The van der Waals surface area contributed by atoms with Gasteiger partial charge in [-0.1, -0.05) is 30.3 Å². The van der Waals surface area contributed by atoms with Crippen LogP contribution >= 0.6 is 0 Å². The van der Waals surface area contributed by atoms with Crippen molar-refractivity contribution in [3.8, 4) is 11.4 Å². The van der Waals surface area contributed by atoms with Gasteiger partial charge in [-0.2, -0.15) is 0 Å². The van der Waals surface area contributed by atoms with Crippen LogP contribution in [0.1, 0.15) is 19.0 Å². The van der Waals surface area contributed by atoms with Gasteiger partial charge in [-0.05, 0) is 19.9 Å². The first kappa shape index (κ1) is 15.2. The van der Waals surface area contributed by atoms with E-state index in [9.17, 15) is 8.42 Å². The van der Waals surface area contributed by atoms with Crippen LogP contribution < -0.4 is 0 Å². The summed E-state index contributed by atoms with van der Waals surface area (Å²) < 4.78 is 23.9. The molecule has 1 unspecified atom stereocenters. The lowest BCUT2D eigenvalue weighted by atomic mass is 10.2. The van der Waals surface area contributed by atoms with Crippen LogP contribution in [0.25, 0.3) is 11.4 Å². The number of hydrogen-bond acceptors (Lipinski definition) is 4. The summed E-state index contributed by atoms with van der Waals surface area (Å²) in [5.74, 6) is 1.10. The molecular formula is C16H21N3O2S. The molecule has 0 saturated carbocycles. The molecule has 1 N–H and O–H groups in total. The van der Waals surface area contributed by atoms with Crippen molar-refractivity contribution in [1.82, 2.24) is 14.9 Å². The van der Waals surface area contributed by atoms with Crippen LogP contribution in [-0.4, -0.2) is 47.4 Å². The van der Waals surface area contributed by atoms with E-state index in [4.69, 9.17) is 0 Å². The van der Waals surface area contributed by atoms with Crippen molar-refractivity contribution in [2.75, 3.05) is 18.8 Å². The Morgan fingerprint density at radius 3 is 2.82 bits per heavy atom. The molecule has 1 fully saturated rings. The highest BCUT2D eigenvalue weighted by Crippen LogP contribution is 2.18. The average Bonchev–Trinajstić information content (AvgIpc) is 2.94. The number of hydrogen-bond donors (Lipinski definition) is 1. The SMILES string of the molecule is CC1CCN(Cc2cnc(-c3ccccc3)[nH]2)CCS1(=O)=O. The summed E-state index contributed by atoms with van der Waals surface area (Å²) in [6.07, 6.45) is 2.53. The Labute approximate surface area is 131 Å². The van der Waals surface area contributed by atoms with E-state index in [0.29, 0.717) is 19.5 Å². The van der Waals surface area contributed by atoms with Crippen LogP contribution in [0.15, 0.2) is 36.5 Å². The lowest BCUT2D eigenvalue weighted by molar-refractivity contribution is 0.280. The van der Waals surface area contributed by atoms with E-state index >= 15 is 0 Å². The van der Waals surface area contributed by atoms with Gasteiger partial charge in [0, 0.05) is 30.5 Å². The zero-order chi connectivity index (χ0) is 15.6. The molecule has 1 atom stereocenters. The van der Waals surface area contributed by atoms with E-state index < -0.39 is 9.84 Å². The highest BCUT2D eigenvalue weighted by Gasteiger charge is 2.26. The third-order valence-electron chi connectivity index (χ3n) is 4.23. The predicted octanol–water partition coefficient (Wildman–Crippen LogP) is 2.09. The average molecular weight is 319 g/mol. The monoisotopic (exact) mass is 319 g/mol. The van der Waals surface area contributed by atoms with E-state index in [1.807, 2.05) is 43.5 Å². The van der Waals surface area contributed by atoms with Crippen molar-refractivity contribution in [1.29, 1.82) is 0 Å². The molecule has 1 aromatic heterocycles. The number of sulfone groups is 1. The molecule has 1 aliphatic heterocycles. The van der Waals surface area contributed by atoms with Gasteiger partial charge >= 0.3 is 0 Å². The van der Waals surface area contributed by atoms with Crippen molar-refractivity contribution in [3.05, 3.63) is 42.2 Å². The Bertz CT molecular complexity index is 725. The minimum atomic E-state index is -2.93. The number of nitrogens with zero attached hydrogens (tertiary/aromatic N) is 2. The van der Waals surface area contributed by atoms with E-state index in [0.717, 1.165) is 23.6 Å². The van der Waals surface area contributed by atoms with Gasteiger partial charge in [-0.15, -0.1) is 0 Å². The maximum atomic E-state index is 11.9. The van der Waals surface area contributed by atoms with Crippen LogP contribution in [0.4, 0.5) is 0 Å². The number of imidazole rings is 1. The Balaban J connectivity index is 1.68. The molecule has 0 radical (unpaired) electrons. The third-order valence-corrected chi connectivity index (χ3v) is 6.44. The topological polar surface area (TPSA) is 66.1 Å². The summed E-state index contributed by atoms with van der Waals surface area (Å²) in [5.41, 5.74) is 2.08. The minimum Gasteiger partial charge on any atom is -0.341 e. The molecule has 118 valence electrons. The van der Waals surface area contributed by atoms with Gasteiger partial charge in [0.2, 0.25) is 0 Å². The smallest absolute Gasteiger partial charge is 0.154 e. The summed E-state index contributed by atoms with van der Waals surface area (Å²) in [6.45, 7) is 3.91. The van der Waals surface area contributed by atoms with Crippen LogP contribution in [0.3, 0.4) is 0 Å². The Morgan fingerprint density at radius 1 is 1.27 bits per heavy atom. The molecule has 0 amide bonds. The lowest BCUT2D eigenvalue weighted by Gasteiger charge is -2.17. The first-order valence-corrected chi connectivity index (χ1v) is 9.29. The van der Waals surface area contributed by atoms with Crippen molar-refractivity contribution < 1.29 is 8.42 Å². The fourth-order valence-electron chi connectivity index (χ4n) is 2.69. The molecule has 0 aliphatic carbocycles. The molecule has 22 heavy (non-hydrogen) atoms. The van der Waals surface area contributed by atoms with Gasteiger partial charge < -0.3 is 4.98 Å². The number of H-pyrrole nitrogens is 1.